The molecule has 1 fully saturated rings. The fourth-order valence-electron chi connectivity index (χ4n) is 2.83. The third-order valence-electron chi connectivity index (χ3n) is 4.10. The van der Waals surface area contributed by atoms with Crippen LogP contribution < -0.4 is 5.73 Å². The first-order chi connectivity index (χ1) is 9.41. The lowest BCUT2D eigenvalue weighted by molar-refractivity contribution is 0.211. The molecular formula is C17H28N2S. The lowest BCUT2D eigenvalue weighted by Gasteiger charge is -2.37. The molecule has 0 bridgehead atoms. The average molecular weight is 292 g/mol. The van der Waals surface area contributed by atoms with Crippen LogP contribution in [-0.4, -0.2) is 35.5 Å². The molecule has 2 nitrogen and oxygen atoms in total. The molecular weight excluding hydrogens is 264 g/mol. The van der Waals surface area contributed by atoms with Gasteiger partial charge < -0.3 is 5.73 Å². The minimum atomic E-state index is 0.215. The lowest BCUT2D eigenvalue weighted by atomic mass is 9.86. The van der Waals surface area contributed by atoms with Crippen LogP contribution >= 0.6 is 11.8 Å². The van der Waals surface area contributed by atoms with Crippen molar-refractivity contribution in [3.63, 3.8) is 0 Å². The Morgan fingerprint density at radius 3 is 2.45 bits per heavy atom. The van der Waals surface area contributed by atoms with Crippen molar-refractivity contribution in [1.29, 1.82) is 0 Å². The van der Waals surface area contributed by atoms with Crippen molar-refractivity contribution in [2.24, 2.45) is 5.73 Å². The van der Waals surface area contributed by atoms with Crippen LogP contribution in [0.25, 0.3) is 0 Å². The van der Waals surface area contributed by atoms with Crippen LogP contribution in [0.5, 0.6) is 0 Å². The van der Waals surface area contributed by atoms with E-state index in [0.717, 1.165) is 13.1 Å². The Hall–Kier alpha value is -0.510. The molecule has 0 saturated carbocycles. The van der Waals surface area contributed by atoms with Gasteiger partial charge in [-0.3, -0.25) is 4.90 Å². The van der Waals surface area contributed by atoms with E-state index in [1.165, 1.54) is 16.9 Å². The molecule has 112 valence electrons. The molecule has 1 saturated heterocycles. The first kappa shape index (κ1) is 15.9. The van der Waals surface area contributed by atoms with Gasteiger partial charge in [-0.25, -0.2) is 0 Å². The van der Waals surface area contributed by atoms with E-state index in [-0.39, 0.29) is 5.41 Å². The Kier molecular flexibility index (Phi) is 5.16. The molecule has 0 aromatic heterocycles. The second-order valence-electron chi connectivity index (χ2n) is 6.80. The highest BCUT2D eigenvalue weighted by atomic mass is 32.2. The maximum absolute atomic E-state index is 6.06. The van der Waals surface area contributed by atoms with Crippen molar-refractivity contribution in [3.05, 3.63) is 35.4 Å². The van der Waals surface area contributed by atoms with Gasteiger partial charge in [-0.1, -0.05) is 52.0 Å². The molecule has 0 amide bonds. The number of hydrogen-bond acceptors (Lipinski definition) is 3. The maximum Gasteiger partial charge on any atom is 0.0471 e. The molecule has 2 atom stereocenters. The van der Waals surface area contributed by atoms with Crippen LogP contribution in [-0.2, 0) is 5.41 Å². The standard InChI is InChI=1S/C17H28N2S/c1-13-12-19(9-10-20-13)16(11-18)14-5-7-15(8-6-14)17(2,3)4/h5-8,13,16H,9-12,18H2,1-4H3. The normalized spacial score (nSPS) is 22.8. The van der Waals surface area contributed by atoms with E-state index < -0.39 is 0 Å². The molecule has 2 rings (SSSR count). The first-order valence-corrected chi connectivity index (χ1v) is 8.63. The molecule has 0 spiro atoms. The van der Waals surface area contributed by atoms with Crippen LogP contribution in [0, 0.1) is 0 Å². The number of thioether (sulfide) groups is 1. The van der Waals surface area contributed by atoms with Crippen LogP contribution in [0.15, 0.2) is 24.3 Å². The summed E-state index contributed by atoms with van der Waals surface area (Å²) >= 11 is 2.07. The Bertz CT molecular complexity index is 422. The van der Waals surface area contributed by atoms with E-state index in [9.17, 15) is 0 Å². The fourth-order valence-corrected chi connectivity index (χ4v) is 3.87. The smallest absolute Gasteiger partial charge is 0.0471 e. The summed E-state index contributed by atoms with van der Waals surface area (Å²) in [6.45, 7) is 12.1. The summed E-state index contributed by atoms with van der Waals surface area (Å²) in [4.78, 5) is 2.55. The molecule has 1 heterocycles. The number of benzene rings is 1. The van der Waals surface area contributed by atoms with Crippen LogP contribution in [0.4, 0.5) is 0 Å². The molecule has 2 N–H and O–H groups in total. The number of rotatable bonds is 3. The molecule has 2 unspecified atom stereocenters. The van der Waals surface area contributed by atoms with Gasteiger partial charge in [0.15, 0.2) is 0 Å². The van der Waals surface area contributed by atoms with Crippen molar-refractivity contribution < 1.29 is 0 Å². The van der Waals surface area contributed by atoms with Gasteiger partial charge >= 0.3 is 0 Å². The molecule has 0 aliphatic carbocycles. The fraction of sp³-hybridized carbons (Fsp3) is 0.647. The summed E-state index contributed by atoms with van der Waals surface area (Å²) in [5, 5.41) is 0.714. The van der Waals surface area contributed by atoms with E-state index in [1.54, 1.807) is 0 Å². The van der Waals surface area contributed by atoms with Crippen molar-refractivity contribution in [3.8, 4) is 0 Å². The van der Waals surface area contributed by atoms with Crippen LogP contribution in [0.2, 0.25) is 0 Å². The van der Waals surface area contributed by atoms with E-state index in [0.29, 0.717) is 17.8 Å². The van der Waals surface area contributed by atoms with Gasteiger partial charge in [0.2, 0.25) is 0 Å². The molecule has 3 heteroatoms. The van der Waals surface area contributed by atoms with Gasteiger partial charge in [-0.2, -0.15) is 11.8 Å². The monoisotopic (exact) mass is 292 g/mol. The van der Waals surface area contributed by atoms with Gasteiger partial charge in [0.25, 0.3) is 0 Å². The zero-order valence-corrected chi connectivity index (χ0v) is 14.0. The van der Waals surface area contributed by atoms with Gasteiger partial charge in [0.05, 0.1) is 0 Å². The quantitative estimate of drug-likeness (QED) is 0.925. The van der Waals surface area contributed by atoms with E-state index in [1.807, 2.05) is 0 Å². The van der Waals surface area contributed by atoms with E-state index in [4.69, 9.17) is 5.73 Å². The summed E-state index contributed by atoms with van der Waals surface area (Å²) in [6.07, 6.45) is 0. The minimum Gasteiger partial charge on any atom is -0.329 e. The largest absolute Gasteiger partial charge is 0.329 e. The second kappa shape index (κ2) is 6.50. The summed E-state index contributed by atoms with van der Waals surface area (Å²) in [5.41, 5.74) is 9.02. The van der Waals surface area contributed by atoms with Gasteiger partial charge in [0, 0.05) is 36.7 Å². The summed E-state index contributed by atoms with van der Waals surface area (Å²) < 4.78 is 0. The van der Waals surface area contributed by atoms with Gasteiger partial charge in [-0.15, -0.1) is 0 Å². The first-order valence-electron chi connectivity index (χ1n) is 7.58. The Morgan fingerprint density at radius 2 is 1.95 bits per heavy atom. The highest BCUT2D eigenvalue weighted by Gasteiger charge is 2.24. The summed E-state index contributed by atoms with van der Waals surface area (Å²) in [5.74, 6) is 1.22. The number of hydrogen-bond donors (Lipinski definition) is 1. The van der Waals surface area contributed by atoms with Gasteiger partial charge in [-0.05, 0) is 16.5 Å². The van der Waals surface area contributed by atoms with E-state index in [2.05, 4.69) is 68.6 Å². The zero-order chi connectivity index (χ0) is 14.8. The highest BCUT2D eigenvalue weighted by molar-refractivity contribution is 7.99. The molecule has 0 radical (unpaired) electrons. The minimum absolute atomic E-state index is 0.215. The Morgan fingerprint density at radius 1 is 1.30 bits per heavy atom. The zero-order valence-electron chi connectivity index (χ0n) is 13.2. The summed E-state index contributed by atoms with van der Waals surface area (Å²) in [6, 6.07) is 9.43. The number of nitrogens with zero attached hydrogens (tertiary/aromatic N) is 1. The second-order valence-corrected chi connectivity index (χ2v) is 8.35. The van der Waals surface area contributed by atoms with Crippen molar-refractivity contribution in [2.75, 3.05) is 25.4 Å². The van der Waals surface area contributed by atoms with Crippen LogP contribution in [0.3, 0.4) is 0 Å². The predicted octanol–water partition coefficient (Wildman–Crippen LogP) is 3.42. The third kappa shape index (κ3) is 3.78. The SMILES string of the molecule is CC1CN(C(CN)c2ccc(C(C)(C)C)cc2)CCS1. The van der Waals surface area contributed by atoms with Crippen molar-refractivity contribution in [2.45, 2.75) is 44.4 Å². The average Bonchev–Trinajstić information content (AvgIpc) is 2.39. The highest BCUT2D eigenvalue weighted by Crippen LogP contribution is 2.28. The van der Waals surface area contributed by atoms with Crippen LogP contribution in [0.1, 0.15) is 44.9 Å². The molecule has 20 heavy (non-hydrogen) atoms. The maximum atomic E-state index is 6.06. The topological polar surface area (TPSA) is 29.3 Å². The van der Waals surface area contributed by atoms with E-state index >= 15 is 0 Å². The summed E-state index contributed by atoms with van der Waals surface area (Å²) in [7, 11) is 0. The van der Waals surface area contributed by atoms with Crippen molar-refractivity contribution in [1.82, 2.24) is 4.90 Å². The molecule has 1 aromatic rings. The molecule has 1 aliphatic rings. The Labute approximate surface area is 128 Å². The number of nitrogens with two attached hydrogens (primary N) is 1. The Balaban J connectivity index is 2.15. The third-order valence-corrected chi connectivity index (χ3v) is 5.23. The van der Waals surface area contributed by atoms with Crippen molar-refractivity contribution >= 4 is 11.8 Å². The lowest BCUT2D eigenvalue weighted by Crippen LogP contribution is -2.42. The van der Waals surface area contributed by atoms with Gasteiger partial charge in [0.1, 0.15) is 0 Å². The predicted molar refractivity (Wildman–Crippen MR) is 90.4 cm³/mol. The molecule has 1 aliphatic heterocycles. The molecule has 1 aromatic carbocycles.